The molecule has 0 atom stereocenters. The second-order valence-corrected chi connectivity index (χ2v) is 4.61. The average molecular weight is 276 g/mol. The lowest BCUT2D eigenvalue weighted by molar-refractivity contribution is -0.120. The lowest BCUT2D eigenvalue weighted by Crippen LogP contribution is -2.25. The van der Waals surface area contributed by atoms with Gasteiger partial charge in [-0.3, -0.25) is 4.79 Å². The van der Waals surface area contributed by atoms with Crippen LogP contribution in [-0.2, 0) is 17.8 Å². The number of thiazole rings is 1. The van der Waals surface area contributed by atoms with E-state index >= 15 is 0 Å². The summed E-state index contributed by atoms with van der Waals surface area (Å²) < 4.78 is 0. The van der Waals surface area contributed by atoms with Crippen LogP contribution in [0.2, 0.25) is 0 Å². The minimum absolute atomic E-state index is 0.0482. The summed E-state index contributed by atoms with van der Waals surface area (Å²) in [5.41, 5.74) is 3.16. The van der Waals surface area contributed by atoms with Crippen molar-refractivity contribution in [2.45, 2.75) is 13.0 Å². The van der Waals surface area contributed by atoms with E-state index in [9.17, 15) is 9.59 Å². The van der Waals surface area contributed by atoms with E-state index < -0.39 is 5.97 Å². The monoisotopic (exact) mass is 276 g/mol. The summed E-state index contributed by atoms with van der Waals surface area (Å²) in [6.45, 7) is 0.359. The minimum Gasteiger partial charge on any atom is -0.478 e. The van der Waals surface area contributed by atoms with Gasteiger partial charge in [-0.05, 0) is 11.6 Å². The van der Waals surface area contributed by atoms with E-state index in [1.807, 2.05) is 5.38 Å². The minimum atomic E-state index is -1.03. The van der Waals surface area contributed by atoms with Gasteiger partial charge < -0.3 is 10.4 Å². The zero-order chi connectivity index (χ0) is 13.7. The number of hydrogen-bond donors (Lipinski definition) is 2. The van der Waals surface area contributed by atoms with Crippen molar-refractivity contribution in [2.75, 3.05) is 0 Å². The van der Waals surface area contributed by atoms with E-state index in [2.05, 4.69) is 10.3 Å². The Labute approximate surface area is 113 Å². The number of carbonyl (C=O) groups excluding carboxylic acids is 1. The highest BCUT2D eigenvalue weighted by molar-refractivity contribution is 7.07. The molecule has 1 heterocycles. The van der Waals surface area contributed by atoms with Gasteiger partial charge in [0.1, 0.15) is 0 Å². The van der Waals surface area contributed by atoms with Crippen LogP contribution >= 0.6 is 11.3 Å². The maximum Gasteiger partial charge on any atom is 0.335 e. The average Bonchev–Trinajstić information content (AvgIpc) is 2.90. The molecule has 0 unspecified atom stereocenters. The highest BCUT2D eigenvalue weighted by Gasteiger charge is 2.12. The van der Waals surface area contributed by atoms with Crippen LogP contribution in [0.15, 0.2) is 35.2 Å². The first-order chi connectivity index (χ1) is 9.16. The first kappa shape index (κ1) is 13.2. The second-order valence-electron chi connectivity index (χ2n) is 3.90. The maximum absolute atomic E-state index is 11.8. The summed E-state index contributed by atoms with van der Waals surface area (Å²) in [7, 11) is 0. The molecule has 0 aliphatic carbocycles. The predicted octanol–water partition coefficient (Wildman–Crippen LogP) is 1.70. The lowest BCUT2D eigenvalue weighted by Gasteiger charge is -2.06. The summed E-state index contributed by atoms with van der Waals surface area (Å²) >= 11 is 1.46. The zero-order valence-electron chi connectivity index (χ0n) is 10.00. The van der Waals surface area contributed by atoms with Crippen LogP contribution in [0, 0.1) is 0 Å². The van der Waals surface area contributed by atoms with E-state index in [0.717, 1.165) is 5.69 Å². The fourth-order valence-corrected chi connectivity index (χ4v) is 2.19. The largest absolute Gasteiger partial charge is 0.478 e. The summed E-state index contributed by atoms with van der Waals surface area (Å²) in [5.74, 6) is -1.25. The number of rotatable bonds is 5. The van der Waals surface area contributed by atoms with Gasteiger partial charge >= 0.3 is 5.97 Å². The van der Waals surface area contributed by atoms with Gasteiger partial charge in [-0.25, -0.2) is 9.78 Å². The fourth-order valence-electron chi connectivity index (χ4n) is 1.63. The van der Waals surface area contributed by atoms with Crippen LogP contribution in [0.1, 0.15) is 21.6 Å². The highest BCUT2D eigenvalue weighted by atomic mass is 32.1. The molecule has 0 aliphatic heterocycles. The maximum atomic E-state index is 11.8. The van der Waals surface area contributed by atoms with Crippen molar-refractivity contribution < 1.29 is 14.7 Å². The third-order valence-electron chi connectivity index (χ3n) is 2.55. The Morgan fingerprint density at radius 2 is 2.11 bits per heavy atom. The third kappa shape index (κ3) is 3.62. The highest BCUT2D eigenvalue weighted by Crippen LogP contribution is 2.09. The van der Waals surface area contributed by atoms with Gasteiger partial charge in [0.15, 0.2) is 0 Å². The molecule has 2 aromatic rings. The summed E-state index contributed by atoms with van der Waals surface area (Å²) in [5, 5.41) is 13.6. The van der Waals surface area contributed by atoms with E-state index in [4.69, 9.17) is 5.11 Å². The van der Waals surface area contributed by atoms with Gasteiger partial charge in [-0.1, -0.05) is 18.2 Å². The van der Waals surface area contributed by atoms with Crippen LogP contribution in [0.25, 0.3) is 0 Å². The zero-order valence-corrected chi connectivity index (χ0v) is 10.8. The molecule has 0 spiro atoms. The topological polar surface area (TPSA) is 79.3 Å². The fraction of sp³-hybridized carbons (Fsp3) is 0.154. The Morgan fingerprint density at radius 1 is 1.32 bits per heavy atom. The molecule has 0 aliphatic rings. The van der Waals surface area contributed by atoms with Gasteiger partial charge in [0.05, 0.1) is 29.7 Å². The lowest BCUT2D eigenvalue weighted by atomic mass is 10.0. The van der Waals surface area contributed by atoms with E-state index in [1.54, 1.807) is 23.7 Å². The van der Waals surface area contributed by atoms with Gasteiger partial charge in [0.25, 0.3) is 0 Å². The summed E-state index contributed by atoms with van der Waals surface area (Å²) in [4.78, 5) is 26.8. The number of carboxylic acid groups (broad SMARTS) is 1. The van der Waals surface area contributed by atoms with Crippen LogP contribution in [0.5, 0.6) is 0 Å². The van der Waals surface area contributed by atoms with Crippen molar-refractivity contribution in [3.63, 3.8) is 0 Å². The summed E-state index contributed by atoms with van der Waals surface area (Å²) in [6, 6.07) is 6.49. The van der Waals surface area contributed by atoms with Crippen molar-refractivity contribution in [2.24, 2.45) is 0 Å². The standard InChI is InChI=1S/C13H12N2O3S/c16-12(14-6-10-7-19-8-15-10)5-9-3-1-2-4-11(9)13(17)18/h1-4,7-8H,5-6H2,(H,14,16)(H,17,18). The smallest absolute Gasteiger partial charge is 0.335 e. The normalized spacial score (nSPS) is 10.1. The van der Waals surface area contributed by atoms with Gasteiger partial charge in [-0.2, -0.15) is 0 Å². The molecule has 0 fully saturated rings. The molecule has 1 amide bonds. The van der Waals surface area contributed by atoms with E-state index in [-0.39, 0.29) is 17.9 Å². The molecule has 1 aromatic carbocycles. The van der Waals surface area contributed by atoms with E-state index in [0.29, 0.717) is 12.1 Å². The molecule has 2 N–H and O–H groups in total. The van der Waals surface area contributed by atoms with E-state index in [1.165, 1.54) is 17.4 Å². The number of nitrogens with one attached hydrogen (secondary N) is 1. The molecule has 1 aromatic heterocycles. The number of carboxylic acids is 1. The van der Waals surface area contributed by atoms with Crippen molar-refractivity contribution in [1.82, 2.24) is 10.3 Å². The Morgan fingerprint density at radius 3 is 2.79 bits per heavy atom. The van der Waals surface area contributed by atoms with Gasteiger partial charge in [0, 0.05) is 5.38 Å². The van der Waals surface area contributed by atoms with Crippen molar-refractivity contribution in [3.8, 4) is 0 Å². The molecule has 2 rings (SSSR count). The van der Waals surface area contributed by atoms with Crippen molar-refractivity contribution >= 4 is 23.2 Å². The predicted molar refractivity (Wildman–Crippen MR) is 71.1 cm³/mol. The van der Waals surface area contributed by atoms with Crippen LogP contribution in [0.3, 0.4) is 0 Å². The molecule has 0 radical (unpaired) electrons. The Kier molecular flexibility index (Phi) is 4.25. The van der Waals surface area contributed by atoms with Crippen LogP contribution in [-0.4, -0.2) is 22.0 Å². The number of nitrogens with zero attached hydrogens (tertiary/aromatic N) is 1. The Hall–Kier alpha value is -2.21. The van der Waals surface area contributed by atoms with Crippen molar-refractivity contribution in [3.05, 3.63) is 52.0 Å². The quantitative estimate of drug-likeness (QED) is 0.871. The molecule has 0 saturated heterocycles. The number of amides is 1. The Bertz CT molecular complexity index is 581. The molecule has 0 saturated carbocycles. The molecular weight excluding hydrogens is 264 g/mol. The first-order valence-corrected chi connectivity index (χ1v) is 6.56. The number of aromatic nitrogens is 1. The van der Waals surface area contributed by atoms with Gasteiger partial charge in [0.2, 0.25) is 5.91 Å². The van der Waals surface area contributed by atoms with Crippen molar-refractivity contribution in [1.29, 1.82) is 0 Å². The molecule has 19 heavy (non-hydrogen) atoms. The molecule has 5 nitrogen and oxygen atoms in total. The second kappa shape index (κ2) is 6.10. The Balaban J connectivity index is 1.97. The number of aromatic carboxylic acids is 1. The number of benzene rings is 1. The SMILES string of the molecule is O=C(Cc1ccccc1C(=O)O)NCc1cscn1. The molecule has 0 bridgehead atoms. The van der Waals surface area contributed by atoms with Gasteiger partial charge in [-0.15, -0.1) is 11.3 Å². The number of carbonyl (C=O) groups is 2. The third-order valence-corrected chi connectivity index (χ3v) is 3.18. The molecule has 6 heteroatoms. The molecule has 98 valence electrons. The van der Waals surface area contributed by atoms with Crippen LogP contribution < -0.4 is 5.32 Å². The number of hydrogen-bond acceptors (Lipinski definition) is 4. The summed E-state index contributed by atoms with van der Waals surface area (Å²) in [6.07, 6.45) is 0.0482. The first-order valence-electron chi connectivity index (χ1n) is 5.62. The molecular formula is C13H12N2O3S. The van der Waals surface area contributed by atoms with Crippen LogP contribution in [0.4, 0.5) is 0 Å².